The lowest BCUT2D eigenvalue weighted by Gasteiger charge is -2.22. The van der Waals surface area contributed by atoms with Crippen molar-refractivity contribution in [1.82, 2.24) is 4.98 Å². The van der Waals surface area contributed by atoms with E-state index in [-0.39, 0.29) is 33.9 Å². The predicted octanol–water partition coefficient (Wildman–Crippen LogP) is 2.18. The average molecular weight is 445 g/mol. The summed E-state index contributed by atoms with van der Waals surface area (Å²) in [5, 5.41) is 15.0. The van der Waals surface area contributed by atoms with Crippen LogP contribution in [0.5, 0.6) is 0 Å². The van der Waals surface area contributed by atoms with E-state index in [4.69, 9.17) is 5.14 Å². The SMILES string of the molecule is CC(=O)c1cc(C#N)c(SCC(=O)N2c3ccc(S(N)(=O)=O)cc3C[C@H]2C)nc1C. The minimum Gasteiger partial charge on any atom is -0.308 e. The van der Waals surface area contributed by atoms with E-state index in [9.17, 15) is 23.3 Å². The van der Waals surface area contributed by atoms with Crippen LogP contribution in [-0.2, 0) is 21.2 Å². The average Bonchev–Trinajstić information content (AvgIpc) is 3.00. The lowest BCUT2D eigenvalue weighted by Crippen LogP contribution is -2.37. The monoisotopic (exact) mass is 444 g/mol. The number of hydrogen-bond acceptors (Lipinski definition) is 7. The number of nitrogens with zero attached hydrogens (tertiary/aromatic N) is 3. The summed E-state index contributed by atoms with van der Waals surface area (Å²) in [5.74, 6) is -0.319. The molecular formula is C20H20N4O4S2. The number of primary sulfonamides is 1. The summed E-state index contributed by atoms with van der Waals surface area (Å²) >= 11 is 1.13. The van der Waals surface area contributed by atoms with Gasteiger partial charge in [0.1, 0.15) is 11.1 Å². The molecule has 0 spiro atoms. The van der Waals surface area contributed by atoms with Crippen LogP contribution in [0.25, 0.3) is 0 Å². The Balaban J connectivity index is 1.82. The van der Waals surface area contributed by atoms with Crippen molar-refractivity contribution in [3.8, 4) is 6.07 Å². The van der Waals surface area contributed by atoms with Crippen molar-refractivity contribution in [2.75, 3.05) is 10.7 Å². The Morgan fingerprint density at radius 3 is 2.67 bits per heavy atom. The van der Waals surface area contributed by atoms with Crippen molar-refractivity contribution >= 4 is 39.2 Å². The second kappa shape index (κ2) is 8.18. The first-order valence-corrected chi connectivity index (χ1v) is 11.6. The van der Waals surface area contributed by atoms with E-state index in [1.54, 1.807) is 17.9 Å². The van der Waals surface area contributed by atoms with E-state index in [0.717, 1.165) is 17.3 Å². The molecular weight excluding hydrogens is 424 g/mol. The molecule has 1 aromatic carbocycles. The van der Waals surface area contributed by atoms with Gasteiger partial charge in [-0.1, -0.05) is 11.8 Å². The highest BCUT2D eigenvalue weighted by Gasteiger charge is 2.32. The molecule has 2 heterocycles. The topological polar surface area (TPSA) is 134 Å². The highest BCUT2D eigenvalue weighted by atomic mass is 32.2. The number of fused-ring (bicyclic) bond motifs is 1. The fourth-order valence-electron chi connectivity index (χ4n) is 3.49. The number of Topliss-reactive ketones (excluding diaryl/α,β-unsaturated/α-hetero) is 1. The van der Waals surface area contributed by atoms with E-state index < -0.39 is 10.0 Å². The second-order valence-corrected chi connectivity index (χ2v) is 9.61. The van der Waals surface area contributed by atoms with Crippen LogP contribution >= 0.6 is 11.8 Å². The molecule has 0 unspecified atom stereocenters. The summed E-state index contributed by atoms with van der Waals surface area (Å²) in [4.78, 5) is 30.6. The van der Waals surface area contributed by atoms with Gasteiger partial charge in [-0.3, -0.25) is 9.59 Å². The number of nitrogens with two attached hydrogens (primary N) is 1. The van der Waals surface area contributed by atoms with Crippen molar-refractivity contribution in [3.05, 3.63) is 46.6 Å². The van der Waals surface area contributed by atoms with E-state index in [1.807, 2.05) is 13.0 Å². The van der Waals surface area contributed by atoms with Gasteiger partial charge >= 0.3 is 0 Å². The van der Waals surface area contributed by atoms with Gasteiger partial charge < -0.3 is 4.90 Å². The maximum absolute atomic E-state index is 12.9. The number of amides is 1. The molecule has 0 bridgehead atoms. The van der Waals surface area contributed by atoms with E-state index >= 15 is 0 Å². The van der Waals surface area contributed by atoms with Gasteiger partial charge in [-0.25, -0.2) is 18.5 Å². The van der Waals surface area contributed by atoms with Gasteiger partial charge in [-0.15, -0.1) is 0 Å². The molecule has 0 aliphatic carbocycles. The van der Waals surface area contributed by atoms with Crippen molar-refractivity contribution in [3.63, 3.8) is 0 Å². The summed E-state index contributed by atoms with van der Waals surface area (Å²) in [6.45, 7) is 4.98. The smallest absolute Gasteiger partial charge is 0.238 e. The third-order valence-corrected chi connectivity index (χ3v) is 6.76. The van der Waals surface area contributed by atoms with Crippen LogP contribution in [0.4, 0.5) is 5.69 Å². The highest BCUT2D eigenvalue weighted by Crippen LogP contribution is 2.35. The van der Waals surface area contributed by atoms with Gasteiger partial charge in [0.25, 0.3) is 0 Å². The fourth-order valence-corrected chi connectivity index (χ4v) is 4.92. The number of thioether (sulfide) groups is 1. The first-order chi connectivity index (χ1) is 14.0. The molecule has 8 nitrogen and oxygen atoms in total. The number of carbonyl (C=O) groups is 2. The van der Waals surface area contributed by atoms with Crippen LogP contribution < -0.4 is 10.0 Å². The number of ketones is 1. The zero-order valence-corrected chi connectivity index (χ0v) is 18.3. The second-order valence-electron chi connectivity index (χ2n) is 7.08. The molecule has 1 amide bonds. The third kappa shape index (κ3) is 4.23. The highest BCUT2D eigenvalue weighted by molar-refractivity contribution is 8.00. The van der Waals surface area contributed by atoms with Gasteiger partial charge in [0, 0.05) is 23.0 Å². The van der Waals surface area contributed by atoms with Crippen LogP contribution in [0.3, 0.4) is 0 Å². The van der Waals surface area contributed by atoms with Crippen LogP contribution in [0.1, 0.15) is 41.0 Å². The molecule has 10 heteroatoms. The van der Waals surface area contributed by atoms with Crippen molar-refractivity contribution in [2.45, 2.75) is 43.2 Å². The number of rotatable bonds is 5. The molecule has 30 heavy (non-hydrogen) atoms. The largest absolute Gasteiger partial charge is 0.308 e. The Kier molecular flexibility index (Phi) is 5.99. The Morgan fingerprint density at radius 2 is 2.07 bits per heavy atom. The standard InChI is InChI=1S/C20H20N4O4S2/c1-11-6-14-7-16(30(22,27)28)4-5-18(14)24(11)19(26)10-29-20-15(9-21)8-17(13(3)25)12(2)23-20/h4-5,7-8,11H,6,10H2,1-3H3,(H2,22,27,28)/t11-/m1/s1. The number of benzene rings is 1. The van der Waals surface area contributed by atoms with Gasteiger partial charge in [-0.2, -0.15) is 5.26 Å². The van der Waals surface area contributed by atoms with Gasteiger partial charge in [0.05, 0.1) is 16.2 Å². The molecule has 1 atom stereocenters. The number of sulfonamides is 1. The van der Waals surface area contributed by atoms with Crippen LogP contribution in [0.15, 0.2) is 34.2 Å². The number of anilines is 1. The fraction of sp³-hybridized carbons (Fsp3) is 0.300. The summed E-state index contributed by atoms with van der Waals surface area (Å²) in [6.07, 6.45) is 0.517. The number of pyridine rings is 1. The molecule has 1 aromatic heterocycles. The molecule has 0 saturated carbocycles. The summed E-state index contributed by atoms with van der Waals surface area (Å²) in [6, 6.07) is 7.86. The molecule has 0 saturated heterocycles. The summed E-state index contributed by atoms with van der Waals surface area (Å²) < 4.78 is 23.2. The Hall–Kier alpha value is -2.74. The number of carbonyl (C=O) groups excluding carboxylic acids is 2. The molecule has 1 aliphatic heterocycles. The van der Waals surface area contributed by atoms with Crippen LogP contribution in [0.2, 0.25) is 0 Å². The molecule has 1 aliphatic rings. The lowest BCUT2D eigenvalue weighted by atomic mass is 10.1. The first-order valence-electron chi connectivity index (χ1n) is 9.06. The number of hydrogen-bond donors (Lipinski definition) is 1. The molecule has 156 valence electrons. The van der Waals surface area contributed by atoms with Gasteiger partial charge in [-0.05, 0) is 57.0 Å². The molecule has 0 radical (unpaired) electrons. The maximum Gasteiger partial charge on any atom is 0.238 e. The summed E-state index contributed by atoms with van der Waals surface area (Å²) in [7, 11) is -3.82. The maximum atomic E-state index is 12.9. The molecule has 2 aromatic rings. The normalized spacial score (nSPS) is 15.6. The Labute approximate surface area is 179 Å². The van der Waals surface area contributed by atoms with E-state index in [2.05, 4.69) is 4.98 Å². The minimum atomic E-state index is -3.82. The molecule has 3 rings (SSSR count). The lowest BCUT2D eigenvalue weighted by molar-refractivity contribution is -0.116. The number of aromatic nitrogens is 1. The zero-order chi connectivity index (χ0) is 22.2. The van der Waals surface area contributed by atoms with Crippen molar-refractivity contribution in [1.29, 1.82) is 5.26 Å². The van der Waals surface area contributed by atoms with Gasteiger partial charge in [0.15, 0.2) is 5.78 Å². The quantitative estimate of drug-likeness (QED) is 0.552. The zero-order valence-electron chi connectivity index (χ0n) is 16.7. The van der Waals surface area contributed by atoms with Crippen molar-refractivity contribution < 1.29 is 18.0 Å². The third-order valence-electron chi connectivity index (χ3n) is 4.87. The van der Waals surface area contributed by atoms with Crippen molar-refractivity contribution in [2.24, 2.45) is 5.14 Å². The number of nitriles is 1. The molecule has 0 fully saturated rings. The van der Waals surface area contributed by atoms with Gasteiger partial charge in [0.2, 0.25) is 15.9 Å². The number of aryl methyl sites for hydroxylation is 1. The predicted molar refractivity (Wildman–Crippen MR) is 113 cm³/mol. The minimum absolute atomic E-state index is 0.0148. The van der Waals surface area contributed by atoms with Crippen LogP contribution in [-0.4, -0.2) is 36.9 Å². The first kappa shape index (κ1) is 22.0. The van der Waals surface area contributed by atoms with E-state index in [0.29, 0.717) is 28.4 Å². The summed E-state index contributed by atoms with van der Waals surface area (Å²) in [5.41, 5.74) is 2.53. The molecule has 2 N–H and O–H groups in total. The van der Waals surface area contributed by atoms with Crippen LogP contribution in [0, 0.1) is 18.3 Å². The van der Waals surface area contributed by atoms with E-state index in [1.165, 1.54) is 25.1 Å². The Bertz CT molecular complexity index is 1200. The Morgan fingerprint density at radius 1 is 1.37 bits per heavy atom.